The number of hydrogen-bond acceptors (Lipinski definition) is 1. The Morgan fingerprint density at radius 1 is 1.40 bits per heavy atom. The largest absolute Gasteiger partial charge is 0.268 e. The van der Waals surface area contributed by atoms with E-state index in [1.807, 2.05) is 11.7 Å². The average Bonchev–Trinajstić information content (AvgIpc) is 2.56. The van der Waals surface area contributed by atoms with Crippen molar-refractivity contribution in [1.82, 2.24) is 9.78 Å². The third-order valence-electron chi connectivity index (χ3n) is 2.71. The van der Waals surface area contributed by atoms with Crippen molar-refractivity contribution in [3.63, 3.8) is 0 Å². The summed E-state index contributed by atoms with van der Waals surface area (Å²) in [6, 6.07) is 6.63. The van der Waals surface area contributed by atoms with Gasteiger partial charge in [0.1, 0.15) is 0 Å². The molecule has 0 saturated heterocycles. The van der Waals surface area contributed by atoms with E-state index in [4.69, 9.17) is 0 Å². The summed E-state index contributed by atoms with van der Waals surface area (Å²) >= 11 is 3.47. The summed E-state index contributed by atoms with van der Waals surface area (Å²) in [7, 11) is 2.01. The first-order chi connectivity index (χ1) is 7.26. The van der Waals surface area contributed by atoms with Crippen LogP contribution in [0.2, 0.25) is 0 Å². The summed E-state index contributed by atoms with van der Waals surface area (Å²) in [5.74, 6) is 0. The Kier molecular flexibility index (Phi) is 3.10. The Balaban J connectivity index is 2.56. The minimum absolute atomic E-state index is 0.995. The van der Waals surface area contributed by atoms with Crippen molar-refractivity contribution >= 4 is 26.8 Å². The van der Waals surface area contributed by atoms with Gasteiger partial charge < -0.3 is 0 Å². The molecule has 0 bridgehead atoms. The second-order valence-electron chi connectivity index (χ2n) is 3.71. The SMILES string of the molecule is CCc1nn(C)c2cc(CCBr)ccc12. The molecule has 0 unspecified atom stereocenters. The molecule has 1 heterocycles. The molecule has 0 aliphatic rings. The molecular weight excluding hydrogens is 252 g/mol. The van der Waals surface area contributed by atoms with Gasteiger partial charge in [-0.15, -0.1) is 0 Å². The molecule has 3 heteroatoms. The van der Waals surface area contributed by atoms with E-state index in [0.29, 0.717) is 0 Å². The van der Waals surface area contributed by atoms with Crippen LogP contribution in [0.25, 0.3) is 10.9 Å². The molecule has 0 N–H and O–H groups in total. The van der Waals surface area contributed by atoms with Gasteiger partial charge >= 0.3 is 0 Å². The second-order valence-corrected chi connectivity index (χ2v) is 4.51. The van der Waals surface area contributed by atoms with Crippen LogP contribution < -0.4 is 0 Å². The molecule has 0 saturated carbocycles. The standard InChI is InChI=1S/C12H15BrN2/c1-3-11-10-5-4-9(6-7-13)8-12(10)15(2)14-11/h4-5,8H,3,6-7H2,1-2H3. The molecule has 0 aliphatic heterocycles. The summed E-state index contributed by atoms with van der Waals surface area (Å²) in [6.07, 6.45) is 2.07. The van der Waals surface area contributed by atoms with Gasteiger partial charge in [0.05, 0.1) is 11.2 Å². The number of nitrogens with zero attached hydrogens (tertiary/aromatic N) is 2. The lowest BCUT2D eigenvalue weighted by molar-refractivity contribution is 0.769. The Morgan fingerprint density at radius 3 is 2.87 bits per heavy atom. The van der Waals surface area contributed by atoms with Crippen molar-refractivity contribution in [1.29, 1.82) is 0 Å². The van der Waals surface area contributed by atoms with Crippen LogP contribution in [-0.4, -0.2) is 15.1 Å². The van der Waals surface area contributed by atoms with Gasteiger partial charge in [0.2, 0.25) is 0 Å². The quantitative estimate of drug-likeness (QED) is 0.781. The molecule has 2 rings (SSSR count). The minimum Gasteiger partial charge on any atom is -0.268 e. The molecular formula is C12H15BrN2. The highest BCUT2D eigenvalue weighted by molar-refractivity contribution is 9.09. The number of aryl methyl sites for hydroxylation is 3. The van der Waals surface area contributed by atoms with Gasteiger partial charge in [-0.25, -0.2) is 0 Å². The summed E-state index contributed by atoms with van der Waals surface area (Å²) < 4.78 is 1.98. The van der Waals surface area contributed by atoms with E-state index in [2.05, 4.69) is 46.2 Å². The van der Waals surface area contributed by atoms with Gasteiger partial charge in [-0.05, 0) is 24.5 Å². The molecule has 1 aromatic carbocycles. The monoisotopic (exact) mass is 266 g/mol. The van der Waals surface area contributed by atoms with Gasteiger partial charge in [0.25, 0.3) is 0 Å². The highest BCUT2D eigenvalue weighted by Gasteiger charge is 2.06. The summed E-state index contributed by atoms with van der Waals surface area (Å²) in [6.45, 7) is 2.15. The van der Waals surface area contributed by atoms with Crippen LogP contribution in [0.3, 0.4) is 0 Å². The Hall–Kier alpha value is -0.830. The fraction of sp³-hybridized carbons (Fsp3) is 0.417. The van der Waals surface area contributed by atoms with Crippen LogP contribution in [0.4, 0.5) is 0 Å². The number of benzene rings is 1. The van der Waals surface area contributed by atoms with Crippen LogP contribution in [0.5, 0.6) is 0 Å². The van der Waals surface area contributed by atoms with Crippen molar-refractivity contribution in [2.24, 2.45) is 7.05 Å². The van der Waals surface area contributed by atoms with Crippen LogP contribution >= 0.6 is 15.9 Å². The fourth-order valence-electron chi connectivity index (χ4n) is 1.90. The van der Waals surface area contributed by atoms with Crippen molar-refractivity contribution < 1.29 is 0 Å². The van der Waals surface area contributed by atoms with E-state index in [-0.39, 0.29) is 0 Å². The smallest absolute Gasteiger partial charge is 0.0700 e. The summed E-state index contributed by atoms with van der Waals surface area (Å²) in [4.78, 5) is 0. The maximum Gasteiger partial charge on any atom is 0.0700 e. The second kappa shape index (κ2) is 4.35. The van der Waals surface area contributed by atoms with E-state index in [1.54, 1.807) is 0 Å². The first kappa shape index (κ1) is 10.7. The first-order valence-electron chi connectivity index (χ1n) is 5.26. The van der Waals surface area contributed by atoms with Crippen LogP contribution in [-0.2, 0) is 19.9 Å². The maximum atomic E-state index is 4.51. The molecule has 0 atom stereocenters. The molecule has 1 aromatic heterocycles. The van der Waals surface area contributed by atoms with Crippen molar-refractivity contribution in [3.8, 4) is 0 Å². The molecule has 15 heavy (non-hydrogen) atoms. The molecule has 80 valence electrons. The highest BCUT2D eigenvalue weighted by Crippen LogP contribution is 2.20. The Labute approximate surface area is 98.4 Å². The Bertz CT molecular complexity index is 474. The average molecular weight is 267 g/mol. The van der Waals surface area contributed by atoms with Crippen LogP contribution in [0.15, 0.2) is 18.2 Å². The van der Waals surface area contributed by atoms with Crippen molar-refractivity contribution in [2.75, 3.05) is 5.33 Å². The third kappa shape index (κ3) is 1.93. The number of aromatic nitrogens is 2. The molecule has 0 aliphatic carbocycles. The van der Waals surface area contributed by atoms with E-state index in [9.17, 15) is 0 Å². The van der Waals surface area contributed by atoms with Crippen LogP contribution in [0.1, 0.15) is 18.2 Å². The number of rotatable bonds is 3. The molecule has 0 radical (unpaired) electrons. The maximum absolute atomic E-state index is 4.51. The zero-order chi connectivity index (χ0) is 10.8. The minimum atomic E-state index is 0.995. The number of hydrogen-bond donors (Lipinski definition) is 0. The molecule has 2 aromatic rings. The van der Waals surface area contributed by atoms with Crippen molar-refractivity contribution in [3.05, 3.63) is 29.5 Å². The fourth-order valence-corrected chi connectivity index (χ4v) is 2.36. The van der Waals surface area contributed by atoms with Gasteiger partial charge in [-0.3, -0.25) is 4.68 Å². The van der Waals surface area contributed by atoms with E-state index < -0.39 is 0 Å². The van der Waals surface area contributed by atoms with Gasteiger partial charge in [0, 0.05) is 17.8 Å². The van der Waals surface area contributed by atoms with E-state index in [1.165, 1.54) is 22.2 Å². The molecule has 0 amide bonds. The number of alkyl halides is 1. The van der Waals surface area contributed by atoms with Crippen LogP contribution in [0, 0.1) is 0 Å². The third-order valence-corrected chi connectivity index (χ3v) is 3.11. The zero-order valence-electron chi connectivity index (χ0n) is 9.13. The van der Waals surface area contributed by atoms with Crippen molar-refractivity contribution in [2.45, 2.75) is 19.8 Å². The topological polar surface area (TPSA) is 17.8 Å². The highest BCUT2D eigenvalue weighted by atomic mass is 79.9. The number of fused-ring (bicyclic) bond motifs is 1. The molecule has 0 fully saturated rings. The van der Waals surface area contributed by atoms with Gasteiger partial charge in [-0.1, -0.05) is 35.0 Å². The normalized spacial score (nSPS) is 11.1. The summed E-state index contributed by atoms with van der Waals surface area (Å²) in [5.41, 5.74) is 3.80. The van der Waals surface area contributed by atoms with Gasteiger partial charge in [-0.2, -0.15) is 5.10 Å². The Morgan fingerprint density at radius 2 is 2.20 bits per heavy atom. The van der Waals surface area contributed by atoms with E-state index >= 15 is 0 Å². The molecule has 0 spiro atoms. The lowest BCUT2D eigenvalue weighted by Crippen LogP contribution is -1.91. The molecule has 2 nitrogen and oxygen atoms in total. The first-order valence-corrected chi connectivity index (χ1v) is 6.39. The predicted molar refractivity (Wildman–Crippen MR) is 67.6 cm³/mol. The lowest BCUT2D eigenvalue weighted by Gasteiger charge is -1.99. The zero-order valence-corrected chi connectivity index (χ0v) is 10.7. The predicted octanol–water partition coefficient (Wildman–Crippen LogP) is 3.07. The number of halogens is 1. The summed E-state index contributed by atoms with van der Waals surface area (Å²) in [5, 5.41) is 6.82. The van der Waals surface area contributed by atoms with Gasteiger partial charge in [0.15, 0.2) is 0 Å². The van der Waals surface area contributed by atoms with E-state index in [0.717, 1.165) is 18.2 Å². The lowest BCUT2D eigenvalue weighted by atomic mass is 10.1.